The summed E-state index contributed by atoms with van der Waals surface area (Å²) in [4.78, 5) is 10.5. The summed E-state index contributed by atoms with van der Waals surface area (Å²) < 4.78 is 24.3. The topological polar surface area (TPSA) is 26.3 Å². The second-order valence-corrected chi connectivity index (χ2v) is 0.970. The van der Waals surface area contributed by atoms with Crippen molar-refractivity contribution in [1.82, 2.24) is 0 Å². The van der Waals surface area contributed by atoms with Crippen LogP contribution in [-0.2, 0) is 9.53 Å². The number of hydrogen-bond acceptors (Lipinski definition) is 2. The lowest BCUT2D eigenvalue weighted by molar-refractivity contribution is -0.135. The molecule has 2 heteroatoms. The Bertz CT molecular complexity index is 159. The van der Waals surface area contributed by atoms with E-state index in [1.54, 1.807) is 0 Å². The summed E-state index contributed by atoms with van der Waals surface area (Å²) in [7, 11) is 1.11. The first-order valence-electron chi connectivity index (χ1n) is 3.17. The third kappa shape index (κ3) is 1.98. The Balaban J connectivity index is 4.24. The molecule has 2 nitrogen and oxygen atoms in total. The zero-order chi connectivity index (χ0) is 8.36. The number of ether oxygens (including phenoxy) is 1. The highest BCUT2D eigenvalue weighted by Gasteiger charge is 1.95. The standard InChI is InChI=1S/C5H8O2/c1-4(2)5(6)7-3/h1H2,2-3H3/i2D3. The Labute approximate surface area is 47.0 Å². The minimum atomic E-state index is -2.44. The summed E-state index contributed by atoms with van der Waals surface area (Å²) in [6, 6.07) is 0. The van der Waals surface area contributed by atoms with E-state index in [9.17, 15) is 4.79 Å². The van der Waals surface area contributed by atoms with Crippen LogP contribution in [0.5, 0.6) is 0 Å². The van der Waals surface area contributed by atoms with Crippen LogP contribution >= 0.6 is 0 Å². The highest BCUT2D eigenvalue weighted by atomic mass is 16.5. The van der Waals surface area contributed by atoms with Crippen molar-refractivity contribution in [2.75, 3.05) is 7.11 Å². The van der Waals surface area contributed by atoms with Crippen molar-refractivity contribution in [2.45, 2.75) is 6.85 Å². The Morgan fingerprint density at radius 3 is 2.71 bits per heavy atom. The maximum Gasteiger partial charge on any atom is 0.332 e. The fourth-order valence-electron chi connectivity index (χ4n) is 0.123. The Morgan fingerprint density at radius 1 is 2.00 bits per heavy atom. The third-order valence-electron chi connectivity index (χ3n) is 0.432. The SMILES string of the molecule is [2H]C([2H])([2H])C(=C)C(=O)OC. The molecule has 0 saturated heterocycles. The van der Waals surface area contributed by atoms with Crippen LogP contribution in [0.4, 0.5) is 0 Å². The quantitative estimate of drug-likeness (QED) is 0.361. The predicted octanol–water partition coefficient (Wildman–Crippen LogP) is 0.736. The van der Waals surface area contributed by atoms with E-state index >= 15 is 0 Å². The first-order chi connectivity index (χ1) is 4.39. The van der Waals surface area contributed by atoms with Crippen molar-refractivity contribution in [2.24, 2.45) is 0 Å². The van der Waals surface area contributed by atoms with Crippen LogP contribution in [-0.4, -0.2) is 13.1 Å². The monoisotopic (exact) mass is 103 g/mol. The second kappa shape index (κ2) is 2.39. The molecule has 0 rings (SSSR count). The van der Waals surface area contributed by atoms with Crippen LogP contribution in [0.1, 0.15) is 11.0 Å². The number of methoxy groups -OCH3 is 1. The summed E-state index contributed by atoms with van der Waals surface area (Å²) in [6.07, 6.45) is 0. The van der Waals surface area contributed by atoms with Gasteiger partial charge in [0.15, 0.2) is 0 Å². The summed E-state index contributed by atoms with van der Waals surface area (Å²) in [5.74, 6) is -0.889. The summed E-state index contributed by atoms with van der Waals surface area (Å²) in [6.45, 7) is 0.622. The molecule has 0 aliphatic rings. The molecule has 0 N–H and O–H groups in total. The van der Waals surface area contributed by atoms with Gasteiger partial charge in [0, 0.05) is 9.69 Å². The first-order valence-corrected chi connectivity index (χ1v) is 1.67. The van der Waals surface area contributed by atoms with Crippen LogP contribution in [0.2, 0.25) is 0 Å². The lowest BCUT2D eigenvalue weighted by atomic mass is 10.4. The number of rotatable bonds is 1. The van der Waals surface area contributed by atoms with E-state index in [0.717, 1.165) is 7.11 Å². The van der Waals surface area contributed by atoms with E-state index in [4.69, 9.17) is 4.11 Å². The maximum absolute atomic E-state index is 10.5. The van der Waals surface area contributed by atoms with Crippen molar-refractivity contribution >= 4 is 5.97 Å². The Kier molecular flexibility index (Phi) is 0.855. The molecule has 0 radical (unpaired) electrons. The molecule has 0 amide bonds. The molecule has 0 aromatic heterocycles. The Morgan fingerprint density at radius 2 is 2.57 bits per heavy atom. The molecular weight excluding hydrogens is 92.1 g/mol. The molecule has 0 aromatic rings. The number of carbonyl (C=O) groups is 1. The number of hydrogen-bond donors (Lipinski definition) is 0. The van der Waals surface area contributed by atoms with Crippen LogP contribution in [0.25, 0.3) is 0 Å². The van der Waals surface area contributed by atoms with Crippen molar-refractivity contribution in [1.29, 1.82) is 0 Å². The van der Waals surface area contributed by atoms with Crippen molar-refractivity contribution in [3.63, 3.8) is 0 Å². The van der Waals surface area contributed by atoms with E-state index in [2.05, 4.69) is 11.3 Å². The fraction of sp³-hybridized carbons (Fsp3) is 0.400. The molecule has 0 fully saturated rings. The second-order valence-electron chi connectivity index (χ2n) is 0.970. The molecular formula is C5H8O2. The van der Waals surface area contributed by atoms with Gasteiger partial charge in [-0.2, -0.15) is 0 Å². The molecule has 0 aliphatic carbocycles. The zero-order valence-electron chi connectivity index (χ0n) is 7.02. The van der Waals surface area contributed by atoms with Crippen molar-refractivity contribution in [3.05, 3.63) is 12.2 Å². The average molecular weight is 103 g/mol. The largest absolute Gasteiger partial charge is 0.466 e. The van der Waals surface area contributed by atoms with Gasteiger partial charge in [0.2, 0.25) is 0 Å². The molecule has 0 spiro atoms. The number of carbonyl (C=O) groups excluding carboxylic acids is 1. The highest BCUT2D eigenvalue weighted by molar-refractivity contribution is 5.86. The van der Waals surface area contributed by atoms with E-state index < -0.39 is 18.4 Å². The molecule has 7 heavy (non-hydrogen) atoms. The highest BCUT2D eigenvalue weighted by Crippen LogP contribution is 1.87. The lowest BCUT2D eigenvalue weighted by Gasteiger charge is -1.91. The van der Waals surface area contributed by atoms with E-state index in [-0.39, 0.29) is 0 Å². The van der Waals surface area contributed by atoms with Gasteiger partial charge in [-0.15, -0.1) is 0 Å². The number of esters is 1. The van der Waals surface area contributed by atoms with Crippen molar-refractivity contribution < 1.29 is 13.6 Å². The average Bonchev–Trinajstić information content (AvgIpc) is 1.83. The maximum atomic E-state index is 10.5. The molecule has 0 heterocycles. The van der Waals surface area contributed by atoms with Gasteiger partial charge in [0.05, 0.1) is 7.11 Å². The smallest absolute Gasteiger partial charge is 0.332 e. The minimum Gasteiger partial charge on any atom is -0.466 e. The fourth-order valence-corrected chi connectivity index (χ4v) is 0.123. The third-order valence-corrected chi connectivity index (χ3v) is 0.432. The summed E-state index contributed by atoms with van der Waals surface area (Å²) >= 11 is 0. The van der Waals surface area contributed by atoms with Gasteiger partial charge >= 0.3 is 5.97 Å². The van der Waals surface area contributed by atoms with Crippen LogP contribution < -0.4 is 0 Å². The van der Waals surface area contributed by atoms with E-state index in [0.29, 0.717) is 0 Å². The van der Waals surface area contributed by atoms with Gasteiger partial charge in [0.1, 0.15) is 0 Å². The first kappa shape index (κ1) is 2.50. The molecule has 0 saturated carbocycles. The molecule has 40 valence electrons. The summed E-state index contributed by atoms with van der Waals surface area (Å²) in [5.41, 5.74) is -0.491. The van der Waals surface area contributed by atoms with Gasteiger partial charge in [-0.05, 0) is 6.85 Å². The molecule has 0 aromatic carbocycles. The Hall–Kier alpha value is -0.790. The van der Waals surface area contributed by atoms with Gasteiger partial charge in [0.25, 0.3) is 0 Å². The van der Waals surface area contributed by atoms with Crippen LogP contribution in [0, 0.1) is 0 Å². The normalized spacial score (nSPS) is 15.9. The molecule has 0 bridgehead atoms. The lowest BCUT2D eigenvalue weighted by Crippen LogP contribution is -1.98. The van der Waals surface area contributed by atoms with E-state index in [1.807, 2.05) is 0 Å². The van der Waals surface area contributed by atoms with E-state index in [1.165, 1.54) is 0 Å². The minimum absolute atomic E-state index is 0.491. The van der Waals surface area contributed by atoms with Gasteiger partial charge in [-0.1, -0.05) is 6.58 Å². The van der Waals surface area contributed by atoms with Crippen molar-refractivity contribution in [3.8, 4) is 0 Å². The van der Waals surface area contributed by atoms with Gasteiger partial charge in [-0.25, -0.2) is 4.79 Å². The summed E-state index contributed by atoms with van der Waals surface area (Å²) in [5, 5.41) is 0. The van der Waals surface area contributed by atoms with Gasteiger partial charge < -0.3 is 4.74 Å². The predicted molar refractivity (Wildman–Crippen MR) is 26.8 cm³/mol. The molecule has 0 atom stereocenters. The zero-order valence-corrected chi connectivity index (χ0v) is 4.02. The van der Waals surface area contributed by atoms with Crippen LogP contribution in [0.15, 0.2) is 12.2 Å². The molecule has 0 aliphatic heterocycles. The van der Waals surface area contributed by atoms with Crippen LogP contribution in [0.3, 0.4) is 0 Å². The molecule has 0 unspecified atom stereocenters. The van der Waals surface area contributed by atoms with Gasteiger partial charge in [-0.3, -0.25) is 0 Å².